The van der Waals surface area contributed by atoms with E-state index in [1.165, 1.54) is 6.07 Å². The third-order valence-electron chi connectivity index (χ3n) is 2.18. The van der Waals surface area contributed by atoms with Crippen LogP contribution >= 0.6 is 11.6 Å². The zero-order valence-corrected chi connectivity index (χ0v) is 10.8. The number of hydrogen-bond acceptors (Lipinski definition) is 4. The number of esters is 1. The first-order chi connectivity index (χ1) is 8.56. The lowest BCUT2D eigenvalue weighted by Crippen LogP contribution is -2.24. The summed E-state index contributed by atoms with van der Waals surface area (Å²) < 4.78 is 4.94. The molecule has 0 atom stereocenters. The zero-order chi connectivity index (χ0) is 13.5. The SMILES string of the molecule is CCNC(=O)CCOC(=O)c1cccc(N)c1Cl. The largest absolute Gasteiger partial charge is 0.462 e. The minimum Gasteiger partial charge on any atom is -0.462 e. The lowest BCUT2D eigenvalue weighted by Gasteiger charge is -2.07. The van der Waals surface area contributed by atoms with Gasteiger partial charge >= 0.3 is 5.97 Å². The molecule has 0 saturated heterocycles. The lowest BCUT2D eigenvalue weighted by atomic mass is 10.2. The topological polar surface area (TPSA) is 81.4 Å². The third-order valence-corrected chi connectivity index (χ3v) is 2.61. The van der Waals surface area contributed by atoms with Crippen molar-refractivity contribution in [3.05, 3.63) is 28.8 Å². The summed E-state index contributed by atoms with van der Waals surface area (Å²) in [7, 11) is 0. The number of carbonyl (C=O) groups excluding carboxylic acids is 2. The lowest BCUT2D eigenvalue weighted by molar-refractivity contribution is -0.121. The molecule has 1 amide bonds. The van der Waals surface area contributed by atoms with Crippen LogP contribution in [0.4, 0.5) is 5.69 Å². The molecule has 0 saturated carbocycles. The van der Waals surface area contributed by atoms with Gasteiger partial charge in [-0.25, -0.2) is 4.79 Å². The van der Waals surface area contributed by atoms with Crippen LogP contribution in [0.5, 0.6) is 0 Å². The van der Waals surface area contributed by atoms with Gasteiger partial charge in [0.2, 0.25) is 5.91 Å². The second-order valence-corrected chi connectivity index (χ2v) is 3.93. The van der Waals surface area contributed by atoms with E-state index < -0.39 is 5.97 Å². The Morgan fingerprint density at radius 2 is 2.17 bits per heavy atom. The van der Waals surface area contributed by atoms with Gasteiger partial charge < -0.3 is 15.8 Å². The number of anilines is 1. The van der Waals surface area contributed by atoms with Gasteiger partial charge in [0.15, 0.2) is 0 Å². The van der Waals surface area contributed by atoms with Crippen LogP contribution in [0.1, 0.15) is 23.7 Å². The molecule has 0 radical (unpaired) electrons. The van der Waals surface area contributed by atoms with E-state index >= 15 is 0 Å². The molecule has 98 valence electrons. The summed E-state index contributed by atoms with van der Waals surface area (Å²) in [6, 6.07) is 4.72. The molecule has 0 heterocycles. The maximum atomic E-state index is 11.7. The molecule has 0 aliphatic carbocycles. The first kappa shape index (κ1) is 14.3. The molecule has 3 N–H and O–H groups in total. The number of halogens is 1. The summed E-state index contributed by atoms with van der Waals surface area (Å²) in [6.45, 7) is 2.38. The van der Waals surface area contributed by atoms with Crippen LogP contribution in [-0.4, -0.2) is 25.0 Å². The molecule has 1 aromatic rings. The molecular weight excluding hydrogens is 256 g/mol. The number of nitrogens with one attached hydrogen (secondary N) is 1. The average Bonchev–Trinajstić information content (AvgIpc) is 2.33. The minimum atomic E-state index is -0.586. The van der Waals surface area contributed by atoms with Crippen LogP contribution in [0.2, 0.25) is 5.02 Å². The van der Waals surface area contributed by atoms with Crippen LogP contribution in [0.3, 0.4) is 0 Å². The summed E-state index contributed by atoms with van der Waals surface area (Å²) in [4.78, 5) is 22.8. The molecule has 1 aromatic carbocycles. The van der Waals surface area contributed by atoms with E-state index in [-0.39, 0.29) is 29.5 Å². The zero-order valence-electron chi connectivity index (χ0n) is 10.0. The van der Waals surface area contributed by atoms with Gasteiger partial charge in [0.1, 0.15) is 6.61 Å². The van der Waals surface area contributed by atoms with Crippen molar-refractivity contribution in [3.8, 4) is 0 Å². The molecule has 0 aliphatic rings. The van der Waals surface area contributed by atoms with Crippen molar-refractivity contribution in [2.24, 2.45) is 0 Å². The number of rotatable bonds is 5. The van der Waals surface area contributed by atoms with E-state index in [2.05, 4.69) is 5.32 Å². The molecule has 0 unspecified atom stereocenters. The number of ether oxygens (including phenoxy) is 1. The Bertz CT molecular complexity index is 449. The van der Waals surface area contributed by atoms with Crippen LogP contribution < -0.4 is 11.1 Å². The van der Waals surface area contributed by atoms with Gasteiger partial charge in [-0.2, -0.15) is 0 Å². The van der Waals surface area contributed by atoms with Gasteiger partial charge in [0, 0.05) is 6.54 Å². The van der Waals surface area contributed by atoms with E-state index in [0.29, 0.717) is 12.2 Å². The third kappa shape index (κ3) is 3.92. The Morgan fingerprint density at radius 1 is 1.44 bits per heavy atom. The summed E-state index contributed by atoms with van der Waals surface area (Å²) in [5.41, 5.74) is 6.09. The van der Waals surface area contributed by atoms with Gasteiger partial charge in [0.25, 0.3) is 0 Å². The maximum Gasteiger partial charge on any atom is 0.339 e. The Balaban J connectivity index is 2.51. The number of carbonyl (C=O) groups is 2. The highest BCUT2D eigenvalue weighted by Gasteiger charge is 2.13. The van der Waals surface area contributed by atoms with Crippen molar-refractivity contribution in [2.45, 2.75) is 13.3 Å². The Kier molecular flexibility index (Phi) is 5.45. The predicted octanol–water partition coefficient (Wildman–Crippen LogP) is 1.61. The van der Waals surface area contributed by atoms with Crippen molar-refractivity contribution >= 4 is 29.2 Å². The molecule has 18 heavy (non-hydrogen) atoms. The van der Waals surface area contributed by atoms with Crippen LogP contribution in [0, 0.1) is 0 Å². The minimum absolute atomic E-state index is 0.00972. The molecular formula is C12H15ClN2O3. The van der Waals surface area contributed by atoms with Gasteiger partial charge in [-0.15, -0.1) is 0 Å². The number of nitrogen functional groups attached to an aromatic ring is 1. The molecule has 0 aliphatic heterocycles. The highest BCUT2D eigenvalue weighted by molar-refractivity contribution is 6.36. The Morgan fingerprint density at radius 3 is 2.83 bits per heavy atom. The van der Waals surface area contributed by atoms with Crippen LogP contribution in [0.25, 0.3) is 0 Å². The van der Waals surface area contributed by atoms with Gasteiger partial charge in [-0.3, -0.25) is 4.79 Å². The van der Waals surface area contributed by atoms with Gasteiger partial charge in [0.05, 0.1) is 22.7 Å². The highest BCUT2D eigenvalue weighted by atomic mass is 35.5. The van der Waals surface area contributed by atoms with Gasteiger partial charge in [-0.1, -0.05) is 17.7 Å². The van der Waals surface area contributed by atoms with E-state index in [9.17, 15) is 9.59 Å². The summed E-state index contributed by atoms with van der Waals surface area (Å²) >= 11 is 5.87. The Hall–Kier alpha value is -1.75. The molecule has 6 heteroatoms. The fourth-order valence-electron chi connectivity index (χ4n) is 1.31. The molecule has 0 spiro atoms. The highest BCUT2D eigenvalue weighted by Crippen LogP contribution is 2.23. The van der Waals surface area contributed by atoms with Crippen molar-refractivity contribution in [3.63, 3.8) is 0 Å². The van der Waals surface area contributed by atoms with E-state index in [0.717, 1.165) is 0 Å². The normalized spacial score (nSPS) is 9.89. The quantitative estimate of drug-likeness (QED) is 0.629. The molecule has 1 rings (SSSR count). The molecule has 0 fully saturated rings. The van der Waals surface area contributed by atoms with Crippen molar-refractivity contribution in [2.75, 3.05) is 18.9 Å². The molecule has 0 bridgehead atoms. The second kappa shape index (κ2) is 6.86. The fourth-order valence-corrected chi connectivity index (χ4v) is 1.51. The van der Waals surface area contributed by atoms with Gasteiger partial charge in [-0.05, 0) is 19.1 Å². The monoisotopic (exact) mass is 270 g/mol. The van der Waals surface area contributed by atoms with Crippen molar-refractivity contribution in [1.29, 1.82) is 0 Å². The predicted molar refractivity (Wildman–Crippen MR) is 69.4 cm³/mol. The number of amides is 1. The first-order valence-corrected chi connectivity index (χ1v) is 5.91. The molecule has 0 aromatic heterocycles. The summed E-state index contributed by atoms with van der Waals surface area (Å²) in [6.07, 6.45) is 0.125. The number of nitrogens with two attached hydrogens (primary N) is 1. The average molecular weight is 271 g/mol. The summed E-state index contributed by atoms with van der Waals surface area (Å²) in [5.74, 6) is -0.749. The first-order valence-electron chi connectivity index (χ1n) is 5.54. The Labute approximate surface area is 110 Å². The van der Waals surface area contributed by atoms with Crippen LogP contribution in [0.15, 0.2) is 18.2 Å². The molecule has 5 nitrogen and oxygen atoms in total. The standard InChI is InChI=1S/C12H15ClN2O3/c1-2-15-10(16)6-7-18-12(17)8-4-3-5-9(14)11(8)13/h3-5H,2,6-7,14H2,1H3,(H,15,16). The smallest absolute Gasteiger partial charge is 0.339 e. The maximum absolute atomic E-state index is 11.7. The fraction of sp³-hybridized carbons (Fsp3) is 0.333. The van der Waals surface area contributed by atoms with E-state index in [4.69, 9.17) is 22.1 Å². The number of hydrogen-bond donors (Lipinski definition) is 2. The number of benzene rings is 1. The summed E-state index contributed by atoms with van der Waals surface area (Å²) in [5, 5.41) is 2.77. The van der Waals surface area contributed by atoms with Crippen molar-refractivity contribution < 1.29 is 14.3 Å². The van der Waals surface area contributed by atoms with E-state index in [1.54, 1.807) is 12.1 Å². The van der Waals surface area contributed by atoms with Crippen molar-refractivity contribution in [1.82, 2.24) is 5.32 Å². The van der Waals surface area contributed by atoms with Crippen LogP contribution in [-0.2, 0) is 9.53 Å². The van der Waals surface area contributed by atoms with E-state index in [1.807, 2.05) is 6.92 Å². The second-order valence-electron chi connectivity index (χ2n) is 3.55.